The van der Waals surface area contributed by atoms with Crippen molar-refractivity contribution in [1.29, 1.82) is 0 Å². The van der Waals surface area contributed by atoms with Crippen LogP contribution in [0.1, 0.15) is 110 Å². The van der Waals surface area contributed by atoms with Gasteiger partial charge in [-0.1, -0.05) is 86.8 Å². The van der Waals surface area contributed by atoms with Crippen molar-refractivity contribution in [3.05, 3.63) is 154 Å². The first-order valence-corrected chi connectivity index (χ1v) is 26.2. The van der Waals surface area contributed by atoms with Crippen LogP contribution in [0, 0.1) is 24.5 Å². The zero-order valence-corrected chi connectivity index (χ0v) is 42.7. The van der Waals surface area contributed by atoms with Crippen LogP contribution >= 0.6 is 11.6 Å². The number of hydrogen-bond acceptors (Lipinski definition) is 6. The van der Waals surface area contributed by atoms with Gasteiger partial charge in [-0.15, -0.1) is 0 Å². The molecule has 2 aliphatic heterocycles. The highest BCUT2D eigenvalue weighted by molar-refractivity contribution is 6.34. The molecule has 5 aromatic rings. The van der Waals surface area contributed by atoms with Gasteiger partial charge in [-0.05, 0) is 160 Å². The van der Waals surface area contributed by atoms with Gasteiger partial charge in [-0.2, -0.15) is 5.10 Å². The normalized spacial score (nSPS) is 22.9. The molecule has 70 heavy (non-hydrogen) atoms. The summed E-state index contributed by atoms with van der Waals surface area (Å²) in [5, 5.41) is 13.2. The second-order valence-corrected chi connectivity index (χ2v) is 21.4. The number of anilines is 1. The summed E-state index contributed by atoms with van der Waals surface area (Å²) in [4.78, 5) is 7.55. The second-order valence-electron chi connectivity index (χ2n) is 21.0. The van der Waals surface area contributed by atoms with Gasteiger partial charge >= 0.3 is 0 Å². The van der Waals surface area contributed by atoms with Gasteiger partial charge in [0, 0.05) is 92.1 Å². The molecule has 11 heteroatoms. The Morgan fingerprint density at radius 2 is 1.71 bits per heavy atom. The summed E-state index contributed by atoms with van der Waals surface area (Å²) in [5.41, 5.74) is 9.31. The molecule has 372 valence electrons. The quantitative estimate of drug-likeness (QED) is 0.0913. The molecule has 4 aliphatic rings. The fourth-order valence-electron chi connectivity index (χ4n) is 12.8. The Hall–Kier alpha value is -5.03. The van der Waals surface area contributed by atoms with E-state index < -0.39 is 23.7 Å². The number of piperidine rings is 1. The Morgan fingerprint density at radius 1 is 0.957 bits per heavy atom. The van der Waals surface area contributed by atoms with E-state index in [2.05, 4.69) is 102 Å². The lowest BCUT2D eigenvalue weighted by Crippen LogP contribution is -2.46. The van der Waals surface area contributed by atoms with Gasteiger partial charge in [0.15, 0.2) is 5.82 Å². The highest BCUT2D eigenvalue weighted by Crippen LogP contribution is 2.55. The third-order valence-electron chi connectivity index (χ3n) is 17.0. The largest absolute Gasteiger partial charge is 0.373 e. The number of nitrogens with zero attached hydrogens (tertiary/aromatic N) is 5. The average molecular weight is 973 g/mol. The fraction of sp³-hybridized carbons (Fsp3) is 0.475. The smallest absolute Gasteiger partial charge is 0.158 e. The molecule has 1 aromatic heterocycles. The number of likely N-dealkylation sites (tertiary alicyclic amines) is 2. The Labute approximate surface area is 419 Å². The highest BCUT2D eigenvalue weighted by atomic mass is 35.5. The van der Waals surface area contributed by atoms with E-state index >= 15 is 8.78 Å². The van der Waals surface area contributed by atoms with Gasteiger partial charge in [0.2, 0.25) is 0 Å². The lowest BCUT2D eigenvalue weighted by Gasteiger charge is -2.39. The van der Waals surface area contributed by atoms with Gasteiger partial charge in [0.25, 0.3) is 0 Å². The number of aromatic nitrogens is 2. The van der Waals surface area contributed by atoms with E-state index in [9.17, 15) is 4.39 Å². The van der Waals surface area contributed by atoms with Gasteiger partial charge < -0.3 is 20.4 Å². The lowest BCUT2D eigenvalue weighted by molar-refractivity contribution is 0.152. The molecule has 3 heterocycles. The van der Waals surface area contributed by atoms with Crippen molar-refractivity contribution < 1.29 is 13.2 Å². The topological polar surface area (TPSA) is 51.6 Å². The minimum atomic E-state index is -0.537. The first kappa shape index (κ1) is 49.9. The van der Waals surface area contributed by atoms with Crippen LogP contribution in [-0.2, 0) is 25.3 Å². The molecule has 2 aliphatic carbocycles. The summed E-state index contributed by atoms with van der Waals surface area (Å²) >= 11 is 6.88. The molecule has 0 amide bonds. The van der Waals surface area contributed by atoms with E-state index in [1.807, 2.05) is 23.7 Å². The Kier molecular flexibility index (Phi) is 15.2. The molecule has 3 unspecified atom stereocenters. The summed E-state index contributed by atoms with van der Waals surface area (Å²) in [5.74, 6) is 0.964. The van der Waals surface area contributed by atoms with Crippen LogP contribution in [0.2, 0.25) is 5.02 Å². The number of fused-ring (bicyclic) bond motifs is 2. The Morgan fingerprint density at radius 3 is 2.44 bits per heavy atom. The molecule has 3 fully saturated rings. The van der Waals surface area contributed by atoms with Crippen molar-refractivity contribution in [2.24, 2.45) is 13.0 Å². The van der Waals surface area contributed by atoms with E-state index in [0.717, 1.165) is 87.5 Å². The van der Waals surface area contributed by atoms with Crippen LogP contribution in [0.25, 0.3) is 22.0 Å². The number of alkyl halides is 1. The maximum absolute atomic E-state index is 16.5. The van der Waals surface area contributed by atoms with Crippen molar-refractivity contribution in [2.75, 3.05) is 57.9 Å². The second kappa shape index (κ2) is 21.4. The summed E-state index contributed by atoms with van der Waals surface area (Å²) in [6.45, 7) is 22.0. The summed E-state index contributed by atoms with van der Waals surface area (Å²) in [7, 11) is 4.15. The molecule has 7 nitrogen and oxygen atoms in total. The van der Waals surface area contributed by atoms with Crippen molar-refractivity contribution in [1.82, 2.24) is 30.2 Å². The maximum atomic E-state index is 16.5. The van der Waals surface area contributed by atoms with Crippen LogP contribution in [0.5, 0.6) is 0 Å². The molecule has 9 rings (SSSR count). The molecule has 0 radical (unpaired) electrons. The molecule has 2 saturated heterocycles. The summed E-state index contributed by atoms with van der Waals surface area (Å²) in [6, 6.07) is 23.6. The third kappa shape index (κ3) is 9.81. The molecule has 3 atom stereocenters. The van der Waals surface area contributed by atoms with Crippen molar-refractivity contribution in [2.45, 2.75) is 114 Å². The van der Waals surface area contributed by atoms with E-state index in [1.54, 1.807) is 18.3 Å². The number of hydrogen-bond donors (Lipinski definition) is 2. The van der Waals surface area contributed by atoms with Crippen molar-refractivity contribution in [3.8, 4) is 11.1 Å². The monoisotopic (exact) mass is 972 g/mol. The number of benzene rings is 4. The van der Waals surface area contributed by atoms with Gasteiger partial charge in [0.05, 0.1) is 17.2 Å². The first-order chi connectivity index (χ1) is 33.8. The minimum absolute atomic E-state index is 0.0510. The average Bonchev–Trinajstić information content (AvgIpc) is 4.08. The van der Waals surface area contributed by atoms with Gasteiger partial charge in [-0.3, -0.25) is 14.0 Å². The number of rotatable bonds is 18. The SMILES string of the molecule is C=CNC(=C)CCN(C)c1nn(C)c2cc(C3CCN(C4CCN(C(=C)C5CCC(NCC6(c7ccccc7)Cc7cc(F)c(Cl)c(-c8c(C)ccc(CCCF)c8F)c7C6C)CC5)C4)CC3)ccc12. The van der Waals surface area contributed by atoms with E-state index in [4.69, 9.17) is 23.3 Å². The minimum Gasteiger partial charge on any atom is -0.373 e. The van der Waals surface area contributed by atoms with E-state index in [1.165, 1.54) is 47.0 Å². The van der Waals surface area contributed by atoms with Crippen LogP contribution in [0.15, 0.2) is 104 Å². The molecular weight excluding hydrogens is 899 g/mol. The number of aryl methyl sites for hydroxylation is 3. The zero-order chi connectivity index (χ0) is 49.3. The number of nitrogens with one attached hydrogen (secondary N) is 2. The predicted molar refractivity (Wildman–Crippen MR) is 284 cm³/mol. The first-order valence-electron chi connectivity index (χ1n) is 25.9. The third-order valence-corrected chi connectivity index (χ3v) is 17.4. The molecule has 2 N–H and O–H groups in total. The molecule has 1 saturated carbocycles. The van der Waals surface area contributed by atoms with Crippen LogP contribution < -0.4 is 15.5 Å². The Balaban J connectivity index is 0.800. The molecule has 4 aromatic carbocycles. The molecule has 0 bridgehead atoms. The standard InChI is InChI=1S/C59H73ClF3N7/c1-8-64-39(3)24-29-67(6)58-50-23-20-45(34-52(50)68(7)66-58)43-25-30-69(31-26-43)49-27-32-70(36-49)41(5)42-18-21-48(22-19-42)65-37-59(47-14-10-9-11-15-47)35-46-33-51(62)56(60)55(54(46)40(59)4)53-38(2)16-17-44(57(53)63)13-12-28-61/h8-11,14-17,20,23,33-34,40,42-43,48-49,64-65H,1,3,5,12-13,18-19,21-22,24-32,35-37H2,2,4,6-7H3. The zero-order valence-electron chi connectivity index (χ0n) is 41.9. The number of allylic oxidation sites excluding steroid dienone is 1. The van der Waals surface area contributed by atoms with Crippen LogP contribution in [0.4, 0.5) is 19.0 Å². The molecule has 0 spiro atoms. The maximum Gasteiger partial charge on any atom is 0.158 e. The van der Waals surface area contributed by atoms with Crippen molar-refractivity contribution in [3.63, 3.8) is 0 Å². The van der Waals surface area contributed by atoms with E-state index in [0.29, 0.717) is 59.1 Å². The summed E-state index contributed by atoms with van der Waals surface area (Å²) in [6.07, 6.45) is 11.4. The predicted octanol–water partition coefficient (Wildman–Crippen LogP) is 12.7. The Bertz CT molecular complexity index is 2700. The van der Waals surface area contributed by atoms with Crippen LogP contribution in [0.3, 0.4) is 0 Å². The van der Waals surface area contributed by atoms with Gasteiger partial charge in [0.1, 0.15) is 11.6 Å². The number of halogens is 4. The highest BCUT2D eigenvalue weighted by Gasteiger charge is 2.48. The lowest BCUT2D eigenvalue weighted by atomic mass is 9.70. The molecular formula is C59H73ClF3N7. The summed E-state index contributed by atoms with van der Waals surface area (Å²) < 4.78 is 47.7. The van der Waals surface area contributed by atoms with Gasteiger partial charge in [-0.25, -0.2) is 8.78 Å². The van der Waals surface area contributed by atoms with E-state index in [-0.39, 0.29) is 23.8 Å². The van der Waals surface area contributed by atoms with Crippen molar-refractivity contribution >= 4 is 28.3 Å². The fourth-order valence-corrected chi connectivity index (χ4v) is 13.0. The van der Waals surface area contributed by atoms with Crippen LogP contribution in [-0.4, -0.2) is 84.7 Å².